The largest absolute Gasteiger partial charge is 0.344 e. The monoisotopic (exact) mass is 339 g/mol. The van der Waals surface area contributed by atoms with E-state index in [9.17, 15) is 9.18 Å². The van der Waals surface area contributed by atoms with Crippen molar-refractivity contribution in [3.63, 3.8) is 0 Å². The molecule has 1 amide bonds. The van der Waals surface area contributed by atoms with Gasteiger partial charge in [-0.2, -0.15) is 0 Å². The van der Waals surface area contributed by atoms with Gasteiger partial charge in [-0.05, 0) is 61.1 Å². The lowest BCUT2D eigenvalue weighted by Gasteiger charge is -2.38. The predicted molar refractivity (Wildman–Crippen MR) is 94.3 cm³/mol. The number of rotatable bonds is 2. The second-order valence-electron chi connectivity index (χ2n) is 7.12. The van der Waals surface area contributed by atoms with E-state index < -0.39 is 5.54 Å². The Morgan fingerprint density at radius 2 is 2.00 bits per heavy atom. The Bertz CT molecular complexity index is 792. The van der Waals surface area contributed by atoms with Gasteiger partial charge in [0.05, 0.1) is 17.3 Å². The number of piperidine rings is 1. The summed E-state index contributed by atoms with van der Waals surface area (Å²) in [6.45, 7) is 0.839. The van der Waals surface area contributed by atoms with Gasteiger partial charge in [0, 0.05) is 19.8 Å². The number of aromatic nitrogens is 1. The Morgan fingerprint density at radius 1 is 1.20 bits per heavy atom. The van der Waals surface area contributed by atoms with Crippen LogP contribution in [0, 0.1) is 5.82 Å². The Labute approximate surface area is 147 Å². The van der Waals surface area contributed by atoms with Crippen LogP contribution in [-0.2, 0) is 4.79 Å². The van der Waals surface area contributed by atoms with Gasteiger partial charge in [0.2, 0.25) is 5.91 Å². The van der Waals surface area contributed by atoms with Crippen molar-refractivity contribution in [2.45, 2.75) is 37.3 Å². The van der Waals surface area contributed by atoms with Crippen LogP contribution in [-0.4, -0.2) is 34.9 Å². The van der Waals surface area contributed by atoms with Gasteiger partial charge in [0.25, 0.3) is 0 Å². The van der Waals surface area contributed by atoms with Gasteiger partial charge in [0.1, 0.15) is 5.82 Å². The van der Waals surface area contributed by atoms with Crippen molar-refractivity contribution in [3.8, 4) is 11.1 Å². The van der Waals surface area contributed by atoms with E-state index in [1.54, 1.807) is 18.3 Å². The number of nitrogens with zero attached hydrogens (tertiary/aromatic N) is 2. The zero-order valence-corrected chi connectivity index (χ0v) is 14.3. The first-order valence-corrected chi connectivity index (χ1v) is 8.83. The molecule has 1 aromatic heterocycles. The number of hydrogen-bond donors (Lipinski definition) is 1. The first kappa shape index (κ1) is 16.2. The minimum atomic E-state index is -0.425. The SMILES string of the molecule is CN1CCC[C@]2(CC[C@@H](c3cc(-c4ccc(F)cc4)ccn3)N2)C1=O. The molecule has 2 fully saturated rings. The smallest absolute Gasteiger partial charge is 0.242 e. The predicted octanol–water partition coefficient (Wildman–Crippen LogP) is 3.30. The summed E-state index contributed by atoms with van der Waals surface area (Å²) in [7, 11) is 1.88. The molecule has 4 rings (SSSR count). The van der Waals surface area contributed by atoms with Crippen LogP contribution in [0.2, 0.25) is 0 Å². The molecule has 130 valence electrons. The minimum absolute atomic E-state index is 0.0795. The van der Waals surface area contributed by atoms with Gasteiger partial charge in [-0.1, -0.05) is 12.1 Å². The van der Waals surface area contributed by atoms with Crippen LogP contribution in [0.1, 0.15) is 37.4 Å². The average Bonchev–Trinajstić information content (AvgIpc) is 3.06. The van der Waals surface area contributed by atoms with Crippen LogP contribution in [0.15, 0.2) is 42.6 Å². The van der Waals surface area contributed by atoms with Crippen LogP contribution >= 0.6 is 0 Å². The lowest BCUT2D eigenvalue weighted by atomic mass is 9.87. The Kier molecular flexibility index (Phi) is 4.04. The van der Waals surface area contributed by atoms with Crippen molar-refractivity contribution in [2.75, 3.05) is 13.6 Å². The Morgan fingerprint density at radius 3 is 2.80 bits per heavy atom. The number of carbonyl (C=O) groups is 1. The maximum absolute atomic E-state index is 13.1. The highest BCUT2D eigenvalue weighted by Gasteiger charge is 2.48. The highest BCUT2D eigenvalue weighted by atomic mass is 19.1. The van der Waals surface area contributed by atoms with Crippen molar-refractivity contribution in [2.24, 2.45) is 0 Å². The molecular weight excluding hydrogens is 317 g/mol. The van der Waals surface area contributed by atoms with Crippen LogP contribution in [0.25, 0.3) is 11.1 Å². The molecule has 2 saturated heterocycles. The molecule has 2 atom stereocenters. The van der Waals surface area contributed by atoms with Gasteiger partial charge in [-0.3, -0.25) is 15.1 Å². The molecule has 4 nitrogen and oxygen atoms in total. The third kappa shape index (κ3) is 2.93. The van der Waals surface area contributed by atoms with Crippen molar-refractivity contribution in [1.82, 2.24) is 15.2 Å². The number of carbonyl (C=O) groups excluding carboxylic acids is 1. The molecule has 2 aliphatic rings. The van der Waals surface area contributed by atoms with Crippen molar-refractivity contribution in [3.05, 3.63) is 54.1 Å². The van der Waals surface area contributed by atoms with E-state index in [1.165, 1.54) is 12.1 Å². The highest BCUT2D eigenvalue weighted by Crippen LogP contribution is 2.38. The van der Waals surface area contributed by atoms with E-state index >= 15 is 0 Å². The molecule has 5 heteroatoms. The molecule has 0 radical (unpaired) electrons. The van der Waals surface area contributed by atoms with Gasteiger partial charge >= 0.3 is 0 Å². The molecular formula is C20H22FN3O. The number of pyridine rings is 1. The number of likely N-dealkylation sites (N-methyl/N-ethyl adjacent to an activating group) is 1. The number of halogens is 1. The van der Waals surface area contributed by atoms with Gasteiger partial charge in [-0.25, -0.2) is 4.39 Å². The Hall–Kier alpha value is -2.27. The van der Waals surface area contributed by atoms with E-state index in [4.69, 9.17) is 0 Å². The van der Waals surface area contributed by atoms with Gasteiger partial charge in [-0.15, -0.1) is 0 Å². The molecule has 3 heterocycles. The third-order valence-electron chi connectivity index (χ3n) is 5.48. The summed E-state index contributed by atoms with van der Waals surface area (Å²) in [5.74, 6) is -0.0340. The van der Waals surface area contributed by atoms with Crippen LogP contribution in [0.3, 0.4) is 0 Å². The molecule has 25 heavy (non-hydrogen) atoms. The third-order valence-corrected chi connectivity index (χ3v) is 5.48. The number of benzene rings is 1. The summed E-state index contributed by atoms with van der Waals surface area (Å²) in [5.41, 5.74) is 2.50. The van der Waals surface area contributed by atoms with E-state index in [0.29, 0.717) is 0 Å². The standard InChI is InChI=1S/C20H22FN3O/c1-24-12-2-9-20(19(24)25)10-7-17(23-20)18-13-15(8-11-22-18)14-3-5-16(21)6-4-14/h3-6,8,11,13,17,23H,2,7,9-10,12H2,1H3/t17-,20-/m0/s1. The normalized spacial score (nSPS) is 26.4. The van der Waals surface area contributed by atoms with E-state index in [2.05, 4.69) is 10.3 Å². The van der Waals surface area contributed by atoms with Crippen molar-refractivity contribution in [1.29, 1.82) is 0 Å². The van der Waals surface area contributed by atoms with E-state index in [-0.39, 0.29) is 17.8 Å². The highest BCUT2D eigenvalue weighted by molar-refractivity contribution is 5.87. The second-order valence-corrected chi connectivity index (χ2v) is 7.12. The summed E-state index contributed by atoms with van der Waals surface area (Å²) >= 11 is 0. The number of likely N-dealkylation sites (tertiary alicyclic amines) is 1. The zero-order chi connectivity index (χ0) is 17.4. The second kappa shape index (κ2) is 6.23. The zero-order valence-electron chi connectivity index (χ0n) is 14.3. The van der Waals surface area contributed by atoms with E-state index in [1.807, 2.05) is 24.1 Å². The quantitative estimate of drug-likeness (QED) is 0.913. The fourth-order valence-corrected chi connectivity index (χ4v) is 4.11. The molecule has 1 aromatic carbocycles. The van der Waals surface area contributed by atoms with Crippen molar-refractivity contribution < 1.29 is 9.18 Å². The maximum Gasteiger partial charge on any atom is 0.242 e. The summed E-state index contributed by atoms with van der Waals surface area (Å²) < 4.78 is 13.1. The van der Waals surface area contributed by atoms with Crippen LogP contribution < -0.4 is 5.32 Å². The summed E-state index contributed by atoms with van der Waals surface area (Å²) in [5, 5.41) is 3.58. The fourth-order valence-electron chi connectivity index (χ4n) is 4.11. The molecule has 0 unspecified atom stereocenters. The average molecular weight is 339 g/mol. The minimum Gasteiger partial charge on any atom is -0.344 e. The maximum atomic E-state index is 13.1. The number of nitrogens with one attached hydrogen (secondary N) is 1. The molecule has 1 spiro atoms. The molecule has 0 bridgehead atoms. The number of amides is 1. The summed E-state index contributed by atoms with van der Waals surface area (Å²) in [6, 6.07) is 10.5. The molecule has 1 N–H and O–H groups in total. The molecule has 0 saturated carbocycles. The fraction of sp³-hybridized carbons (Fsp3) is 0.400. The molecule has 2 aromatic rings. The molecule has 0 aliphatic carbocycles. The van der Waals surface area contributed by atoms with Gasteiger partial charge in [0.15, 0.2) is 0 Å². The first-order chi connectivity index (χ1) is 12.1. The lowest BCUT2D eigenvalue weighted by Crippen LogP contribution is -2.57. The first-order valence-electron chi connectivity index (χ1n) is 8.83. The molecule has 2 aliphatic heterocycles. The van der Waals surface area contributed by atoms with Crippen LogP contribution in [0.5, 0.6) is 0 Å². The Balaban J connectivity index is 1.58. The summed E-state index contributed by atoms with van der Waals surface area (Å²) in [6.07, 6.45) is 5.47. The van der Waals surface area contributed by atoms with Crippen molar-refractivity contribution >= 4 is 5.91 Å². The lowest BCUT2D eigenvalue weighted by molar-refractivity contribution is -0.139. The van der Waals surface area contributed by atoms with E-state index in [0.717, 1.165) is 49.0 Å². The summed E-state index contributed by atoms with van der Waals surface area (Å²) in [4.78, 5) is 19.0. The number of hydrogen-bond acceptors (Lipinski definition) is 3. The van der Waals surface area contributed by atoms with Crippen LogP contribution in [0.4, 0.5) is 4.39 Å². The van der Waals surface area contributed by atoms with Gasteiger partial charge < -0.3 is 4.90 Å². The topological polar surface area (TPSA) is 45.2 Å².